The van der Waals surface area contributed by atoms with Crippen molar-refractivity contribution in [1.82, 2.24) is 25.4 Å². The predicted octanol–water partition coefficient (Wildman–Crippen LogP) is 0.779. The zero-order valence-corrected chi connectivity index (χ0v) is 12.0. The van der Waals surface area contributed by atoms with Crippen molar-refractivity contribution in [3.8, 4) is 5.82 Å². The highest BCUT2D eigenvalue weighted by Gasteiger charge is 2.21. The first-order chi connectivity index (χ1) is 10.3. The fourth-order valence-electron chi connectivity index (χ4n) is 2.41. The summed E-state index contributed by atoms with van der Waals surface area (Å²) >= 11 is 0. The van der Waals surface area contributed by atoms with Gasteiger partial charge in [0.15, 0.2) is 5.82 Å². The number of carbonyl (C=O) groups is 1. The van der Waals surface area contributed by atoms with E-state index in [-0.39, 0.29) is 5.91 Å². The lowest BCUT2D eigenvalue weighted by Crippen LogP contribution is -2.48. The van der Waals surface area contributed by atoms with Gasteiger partial charge in [0.1, 0.15) is 0 Å². The van der Waals surface area contributed by atoms with Gasteiger partial charge >= 0.3 is 0 Å². The third kappa shape index (κ3) is 2.80. The Morgan fingerprint density at radius 2 is 2.33 bits per heavy atom. The molecule has 21 heavy (non-hydrogen) atoms. The predicted molar refractivity (Wildman–Crippen MR) is 79.4 cm³/mol. The first-order valence-electron chi connectivity index (χ1n) is 7.26. The van der Waals surface area contributed by atoms with Crippen LogP contribution >= 0.6 is 0 Å². The molecule has 1 saturated heterocycles. The molecule has 2 aromatic heterocycles. The van der Waals surface area contributed by atoms with Crippen molar-refractivity contribution in [2.24, 2.45) is 5.92 Å². The van der Waals surface area contributed by atoms with E-state index in [1.807, 2.05) is 25.1 Å². The smallest absolute Gasteiger partial charge is 0.254 e. The van der Waals surface area contributed by atoms with Crippen LogP contribution in [0.1, 0.15) is 23.0 Å². The Balaban J connectivity index is 1.79. The molecule has 0 spiro atoms. The number of carbonyl (C=O) groups excluding carboxylic acids is 1. The molecule has 2 aromatic rings. The van der Waals surface area contributed by atoms with Crippen LogP contribution in [0, 0.1) is 5.92 Å². The van der Waals surface area contributed by atoms with Gasteiger partial charge in [0.2, 0.25) is 0 Å². The summed E-state index contributed by atoms with van der Waals surface area (Å²) in [5, 5.41) is 10.5. The van der Waals surface area contributed by atoms with Crippen molar-refractivity contribution in [2.45, 2.75) is 13.3 Å². The molecule has 0 saturated carbocycles. The lowest BCUT2D eigenvalue weighted by atomic mass is 10.0. The van der Waals surface area contributed by atoms with Crippen LogP contribution in [-0.4, -0.2) is 40.3 Å². The second kappa shape index (κ2) is 6.05. The summed E-state index contributed by atoms with van der Waals surface area (Å²) in [6.07, 6.45) is 4.08. The van der Waals surface area contributed by atoms with Gasteiger partial charge in [-0.2, -0.15) is 5.10 Å². The minimum absolute atomic E-state index is 0.0547. The van der Waals surface area contributed by atoms with Gasteiger partial charge in [0.05, 0.1) is 17.5 Å². The fourth-order valence-corrected chi connectivity index (χ4v) is 2.41. The van der Waals surface area contributed by atoms with Gasteiger partial charge in [0.25, 0.3) is 5.91 Å². The molecule has 3 rings (SSSR count). The van der Waals surface area contributed by atoms with Crippen LogP contribution in [0.2, 0.25) is 0 Å². The van der Waals surface area contributed by atoms with Gasteiger partial charge in [0, 0.05) is 31.7 Å². The van der Waals surface area contributed by atoms with E-state index in [9.17, 15) is 4.79 Å². The lowest BCUT2D eigenvalue weighted by Gasteiger charge is -2.27. The van der Waals surface area contributed by atoms with Gasteiger partial charge < -0.3 is 10.6 Å². The zero-order valence-electron chi connectivity index (χ0n) is 12.0. The molecule has 2 N–H and O–H groups in total. The molecule has 0 atom stereocenters. The topological polar surface area (TPSA) is 71.8 Å². The quantitative estimate of drug-likeness (QED) is 0.851. The first-order valence-corrected chi connectivity index (χ1v) is 7.26. The molecule has 0 aromatic carbocycles. The number of amides is 1. The van der Waals surface area contributed by atoms with Crippen molar-refractivity contribution >= 4 is 5.91 Å². The van der Waals surface area contributed by atoms with E-state index in [0.717, 1.165) is 31.0 Å². The summed E-state index contributed by atoms with van der Waals surface area (Å²) in [6, 6.07) is 5.65. The second-order valence-electron chi connectivity index (χ2n) is 5.19. The van der Waals surface area contributed by atoms with Crippen LogP contribution < -0.4 is 10.6 Å². The molecule has 1 fully saturated rings. The minimum atomic E-state index is -0.0547. The van der Waals surface area contributed by atoms with E-state index in [2.05, 4.69) is 20.7 Å². The number of pyridine rings is 1. The Labute approximate surface area is 123 Å². The van der Waals surface area contributed by atoms with Gasteiger partial charge in [-0.15, -0.1) is 0 Å². The maximum atomic E-state index is 12.3. The van der Waals surface area contributed by atoms with Gasteiger partial charge in [-0.25, -0.2) is 9.67 Å². The highest BCUT2D eigenvalue weighted by Crippen LogP contribution is 2.14. The molecule has 1 aliphatic heterocycles. The van der Waals surface area contributed by atoms with Crippen molar-refractivity contribution in [3.05, 3.63) is 41.9 Å². The molecule has 0 bridgehead atoms. The summed E-state index contributed by atoms with van der Waals surface area (Å²) in [7, 11) is 0. The highest BCUT2D eigenvalue weighted by atomic mass is 16.1. The van der Waals surface area contributed by atoms with Crippen molar-refractivity contribution < 1.29 is 4.79 Å². The molecule has 6 nitrogen and oxygen atoms in total. The second-order valence-corrected chi connectivity index (χ2v) is 5.19. The van der Waals surface area contributed by atoms with E-state index >= 15 is 0 Å². The van der Waals surface area contributed by atoms with Crippen LogP contribution in [-0.2, 0) is 6.42 Å². The Bertz CT molecular complexity index is 618. The number of hydrogen-bond donors (Lipinski definition) is 2. The monoisotopic (exact) mass is 285 g/mol. The molecule has 0 radical (unpaired) electrons. The number of rotatable bonds is 5. The van der Waals surface area contributed by atoms with E-state index in [1.54, 1.807) is 17.1 Å². The summed E-state index contributed by atoms with van der Waals surface area (Å²) in [6.45, 7) is 4.69. The Morgan fingerprint density at radius 3 is 2.95 bits per heavy atom. The average molecular weight is 285 g/mol. The van der Waals surface area contributed by atoms with Gasteiger partial charge in [-0.1, -0.05) is 13.0 Å². The number of nitrogens with zero attached hydrogens (tertiary/aromatic N) is 3. The van der Waals surface area contributed by atoms with E-state index in [1.165, 1.54) is 0 Å². The Hall–Kier alpha value is -2.21. The molecule has 0 unspecified atom stereocenters. The van der Waals surface area contributed by atoms with Crippen molar-refractivity contribution in [1.29, 1.82) is 0 Å². The average Bonchev–Trinajstić information content (AvgIpc) is 2.90. The molecule has 3 heterocycles. The van der Waals surface area contributed by atoms with Crippen LogP contribution in [0.5, 0.6) is 0 Å². The van der Waals surface area contributed by atoms with Crippen molar-refractivity contribution in [2.75, 3.05) is 19.6 Å². The SMILES string of the molecule is CCc1c(C(=O)NCC2CNC2)cnn1-c1ccccn1. The molecule has 1 amide bonds. The molecule has 6 heteroatoms. The number of hydrogen-bond acceptors (Lipinski definition) is 4. The molecular weight excluding hydrogens is 266 g/mol. The minimum Gasteiger partial charge on any atom is -0.352 e. The summed E-state index contributed by atoms with van der Waals surface area (Å²) in [5.41, 5.74) is 1.52. The fraction of sp³-hybridized carbons (Fsp3) is 0.400. The Morgan fingerprint density at radius 1 is 1.48 bits per heavy atom. The lowest BCUT2D eigenvalue weighted by molar-refractivity contribution is 0.0941. The van der Waals surface area contributed by atoms with Crippen LogP contribution in [0.4, 0.5) is 0 Å². The third-order valence-corrected chi connectivity index (χ3v) is 3.73. The van der Waals surface area contributed by atoms with E-state index < -0.39 is 0 Å². The molecule has 110 valence electrons. The van der Waals surface area contributed by atoms with E-state index in [4.69, 9.17) is 0 Å². The van der Waals surface area contributed by atoms with Crippen LogP contribution in [0.3, 0.4) is 0 Å². The zero-order chi connectivity index (χ0) is 14.7. The van der Waals surface area contributed by atoms with Gasteiger partial charge in [-0.05, 0) is 18.6 Å². The standard InChI is InChI=1S/C15H19N5O/c1-2-13-12(15(21)18-9-11-7-16-8-11)10-19-20(13)14-5-3-4-6-17-14/h3-6,10-11,16H,2,7-9H2,1H3,(H,18,21). The highest BCUT2D eigenvalue weighted by molar-refractivity contribution is 5.95. The number of nitrogens with one attached hydrogen (secondary N) is 2. The summed E-state index contributed by atoms with van der Waals surface area (Å²) in [5.74, 6) is 1.22. The molecular formula is C15H19N5O. The van der Waals surface area contributed by atoms with Crippen LogP contribution in [0.25, 0.3) is 5.82 Å². The Kier molecular flexibility index (Phi) is 3.96. The third-order valence-electron chi connectivity index (χ3n) is 3.73. The normalized spacial score (nSPS) is 14.7. The molecule has 0 aliphatic carbocycles. The first kappa shape index (κ1) is 13.8. The maximum absolute atomic E-state index is 12.3. The maximum Gasteiger partial charge on any atom is 0.254 e. The summed E-state index contributed by atoms with van der Waals surface area (Å²) in [4.78, 5) is 16.6. The summed E-state index contributed by atoms with van der Waals surface area (Å²) < 4.78 is 1.74. The molecule has 1 aliphatic rings. The van der Waals surface area contributed by atoms with E-state index in [0.29, 0.717) is 18.0 Å². The van der Waals surface area contributed by atoms with Gasteiger partial charge in [-0.3, -0.25) is 4.79 Å². The van der Waals surface area contributed by atoms with Crippen molar-refractivity contribution in [3.63, 3.8) is 0 Å². The van der Waals surface area contributed by atoms with Crippen LogP contribution in [0.15, 0.2) is 30.6 Å². The number of aromatic nitrogens is 3. The largest absolute Gasteiger partial charge is 0.352 e.